The molecule has 3 N–H and O–H groups in total. The zero-order valence-electron chi connectivity index (χ0n) is 12.6. The highest BCUT2D eigenvalue weighted by Crippen LogP contribution is 2.16. The third-order valence-corrected chi connectivity index (χ3v) is 2.54. The first-order chi connectivity index (χ1) is 9.11. The molecule has 1 rings (SSSR count). The second-order valence-electron chi connectivity index (χ2n) is 4.79. The average molecular weight is 391 g/mol. The molecule has 0 heterocycles. The lowest BCUT2D eigenvalue weighted by Gasteiger charge is -2.10. The number of guanidine groups is 1. The predicted molar refractivity (Wildman–Crippen MR) is 97.3 cm³/mol. The van der Waals surface area contributed by atoms with E-state index in [0.717, 1.165) is 24.4 Å². The Hall–Kier alpha value is -0.980. The summed E-state index contributed by atoms with van der Waals surface area (Å²) in [6.07, 6.45) is 3.65. The second-order valence-corrected chi connectivity index (χ2v) is 4.79. The van der Waals surface area contributed by atoms with Crippen LogP contribution in [0.4, 0.5) is 5.69 Å². The van der Waals surface area contributed by atoms with Gasteiger partial charge in [-0.25, -0.2) is 0 Å². The lowest BCUT2D eigenvalue weighted by atomic mass is 10.2. The molecular weight excluding hydrogens is 365 g/mol. The summed E-state index contributed by atoms with van der Waals surface area (Å²) < 4.78 is 5.58. The SMILES string of the molecule is CCCCCN=C(N)Nc1ccc(OC(C)C)cc1.I. The number of hydrogen-bond acceptors (Lipinski definition) is 2. The molecule has 0 amide bonds. The molecule has 20 heavy (non-hydrogen) atoms. The maximum Gasteiger partial charge on any atom is 0.193 e. The average Bonchev–Trinajstić information content (AvgIpc) is 2.36. The van der Waals surface area contributed by atoms with E-state index in [0.29, 0.717) is 5.96 Å². The standard InChI is InChI=1S/C15H25N3O.HI/c1-4-5-6-11-17-15(16)18-13-7-9-14(10-8-13)19-12(2)3;/h7-10,12H,4-6,11H2,1-3H3,(H3,16,17,18);1H. The highest BCUT2D eigenvalue weighted by atomic mass is 127. The Morgan fingerprint density at radius 2 is 1.90 bits per heavy atom. The first kappa shape index (κ1) is 19.0. The van der Waals surface area contributed by atoms with Gasteiger partial charge in [-0.05, 0) is 44.5 Å². The molecule has 4 nitrogen and oxygen atoms in total. The highest BCUT2D eigenvalue weighted by Gasteiger charge is 1.99. The minimum atomic E-state index is 0. The Bertz CT molecular complexity index is 391. The molecule has 0 aliphatic carbocycles. The van der Waals surface area contributed by atoms with Gasteiger partial charge >= 0.3 is 0 Å². The van der Waals surface area contributed by atoms with Crippen LogP contribution < -0.4 is 15.8 Å². The number of ether oxygens (including phenoxy) is 1. The van der Waals surface area contributed by atoms with Crippen LogP contribution in [0.1, 0.15) is 40.0 Å². The minimum Gasteiger partial charge on any atom is -0.491 e. The van der Waals surface area contributed by atoms with E-state index in [9.17, 15) is 0 Å². The van der Waals surface area contributed by atoms with E-state index in [4.69, 9.17) is 10.5 Å². The van der Waals surface area contributed by atoms with Gasteiger partial charge < -0.3 is 15.8 Å². The molecule has 0 saturated heterocycles. The highest BCUT2D eigenvalue weighted by molar-refractivity contribution is 14.0. The lowest BCUT2D eigenvalue weighted by molar-refractivity contribution is 0.242. The van der Waals surface area contributed by atoms with Gasteiger partial charge in [-0.15, -0.1) is 24.0 Å². The van der Waals surface area contributed by atoms with Gasteiger partial charge in [-0.1, -0.05) is 19.8 Å². The maximum atomic E-state index is 5.81. The number of halogens is 1. The van der Waals surface area contributed by atoms with E-state index in [1.54, 1.807) is 0 Å². The zero-order chi connectivity index (χ0) is 14.1. The van der Waals surface area contributed by atoms with E-state index in [1.165, 1.54) is 12.8 Å². The third kappa shape index (κ3) is 8.24. The van der Waals surface area contributed by atoms with E-state index in [1.807, 2.05) is 38.1 Å². The van der Waals surface area contributed by atoms with Crippen LogP contribution in [0, 0.1) is 0 Å². The van der Waals surface area contributed by atoms with Gasteiger partial charge in [0.25, 0.3) is 0 Å². The first-order valence-electron chi connectivity index (χ1n) is 6.95. The van der Waals surface area contributed by atoms with Crippen LogP contribution in [-0.2, 0) is 0 Å². The molecule has 0 aliphatic rings. The summed E-state index contributed by atoms with van der Waals surface area (Å²) in [5, 5.41) is 3.07. The van der Waals surface area contributed by atoms with Crippen molar-refractivity contribution in [2.24, 2.45) is 10.7 Å². The molecule has 114 valence electrons. The van der Waals surface area contributed by atoms with E-state index in [2.05, 4.69) is 17.2 Å². The van der Waals surface area contributed by atoms with Crippen LogP contribution in [0.3, 0.4) is 0 Å². The fourth-order valence-electron chi connectivity index (χ4n) is 1.64. The van der Waals surface area contributed by atoms with Crippen molar-refractivity contribution in [3.63, 3.8) is 0 Å². The molecule has 0 spiro atoms. The van der Waals surface area contributed by atoms with E-state index in [-0.39, 0.29) is 30.1 Å². The summed E-state index contributed by atoms with van der Waals surface area (Å²) >= 11 is 0. The second kappa shape index (κ2) is 10.8. The number of unbranched alkanes of at least 4 members (excludes halogenated alkanes) is 2. The number of aliphatic imine (C=N–C) groups is 1. The molecule has 0 bridgehead atoms. The van der Waals surface area contributed by atoms with Gasteiger partial charge in [0.05, 0.1) is 6.10 Å². The summed E-state index contributed by atoms with van der Waals surface area (Å²) in [6, 6.07) is 7.72. The summed E-state index contributed by atoms with van der Waals surface area (Å²) in [4.78, 5) is 4.28. The molecular formula is C15H26IN3O. The fraction of sp³-hybridized carbons (Fsp3) is 0.533. The first-order valence-corrected chi connectivity index (χ1v) is 6.95. The molecule has 1 aromatic rings. The summed E-state index contributed by atoms with van der Waals surface area (Å²) in [5.41, 5.74) is 6.74. The van der Waals surface area contributed by atoms with Gasteiger partial charge in [-0.2, -0.15) is 0 Å². The van der Waals surface area contributed by atoms with Gasteiger partial charge in [0.1, 0.15) is 5.75 Å². The number of nitrogens with zero attached hydrogens (tertiary/aromatic N) is 1. The smallest absolute Gasteiger partial charge is 0.193 e. The summed E-state index contributed by atoms with van der Waals surface area (Å²) in [5.74, 6) is 1.33. The minimum absolute atomic E-state index is 0. The van der Waals surface area contributed by atoms with Crippen LogP contribution in [0.25, 0.3) is 0 Å². The Kier molecular flexibility index (Phi) is 10.2. The van der Waals surface area contributed by atoms with Crippen molar-refractivity contribution in [3.8, 4) is 5.75 Å². The van der Waals surface area contributed by atoms with Crippen LogP contribution in [0.5, 0.6) is 5.75 Å². The van der Waals surface area contributed by atoms with Crippen molar-refractivity contribution in [2.45, 2.75) is 46.1 Å². The largest absolute Gasteiger partial charge is 0.491 e. The number of nitrogens with two attached hydrogens (primary N) is 1. The molecule has 0 fully saturated rings. The number of hydrogen-bond donors (Lipinski definition) is 2. The molecule has 5 heteroatoms. The van der Waals surface area contributed by atoms with Crippen molar-refractivity contribution in [3.05, 3.63) is 24.3 Å². The van der Waals surface area contributed by atoms with Gasteiger partial charge in [0, 0.05) is 12.2 Å². The van der Waals surface area contributed by atoms with Crippen LogP contribution in [-0.4, -0.2) is 18.6 Å². The summed E-state index contributed by atoms with van der Waals surface area (Å²) in [7, 11) is 0. The van der Waals surface area contributed by atoms with Crippen molar-refractivity contribution in [1.82, 2.24) is 0 Å². The van der Waals surface area contributed by atoms with E-state index < -0.39 is 0 Å². The summed E-state index contributed by atoms with van der Waals surface area (Å²) in [6.45, 7) is 6.97. The van der Waals surface area contributed by atoms with Gasteiger partial charge in [0.2, 0.25) is 0 Å². The Morgan fingerprint density at radius 3 is 2.45 bits per heavy atom. The topological polar surface area (TPSA) is 59.6 Å². The van der Waals surface area contributed by atoms with Crippen molar-refractivity contribution in [1.29, 1.82) is 0 Å². The van der Waals surface area contributed by atoms with Crippen LogP contribution in [0.2, 0.25) is 0 Å². The van der Waals surface area contributed by atoms with Gasteiger partial charge in [0.15, 0.2) is 5.96 Å². The number of benzene rings is 1. The molecule has 0 aliphatic heterocycles. The molecule has 0 unspecified atom stereocenters. The predicted octanol–water partition coefficient (Wildman–Crippen LogP) is 4.01. The quantitative estimate of drug-likeness (QED) is 0.320. The number of rotatable bonds is 7. The third-order valence-electron chi connectivity index (χ3n) is 2.54. The van der Waals surface area contributed by atoms with Crippen LogP contribution >= 0.6 is 24.0 Å². The lowest BCUT2D eigenvalue weighted by Crippen LogP contribution is -2.22. The van der Waals surface area contributed by atoms with Crippen molar-refractivity contribution >= 4 is 35.6 Å². The van der Waals surface area contributed by atoms with Crippen molar-refractivity contribution in [2.75, 3.05) is 11.9 Å². The van der Waals surface area contributed by atoms with Crippen LogP contribution in [0.15, 0.2) is 29.3 Å². The fourth-order valence-corrected chi connectivity index (χ4v) is 1.64. The Balaban J connectivity index is 0.00000361. The molecule has 1 aromatic carbocycles. The zero-order valence-corrected chi connectivity index (χ0v) is 14.9. The molecule has 0 atom stereocenters. The Morgan fingerprint density at radius 1 is 1.25 bits per heavy atom. The van der Waals surface area contributed by atoms with E-state index >= 15 is 0 Å². The molecule has 0 radical (unpaired) electrons. The Labute approximate surface area is 139 Å². The molecule has 0 aromatic heterocycles. The van der Waals surface area contributed by atoms with Crippen molar-refractivity contribution < 1.29 is 4.74 Å². The normalized spacial score (nSPS) is 11.1. The number of nitrogens with one attached hydrogen (secondary N) is 1. The monoisotopic (exact) mass is 391 g/mol. The molecule has 0 saturated carbocycles. The number of anilines is 1. The van der Waals surface area contributed by atoms with Gasteiger partial charge in [-0.3, -0.25) is 4.99 Å². The maximum absolute atomic E-state index is 5.81.